The zero-order chi connectivity index (χ0) is 22.5. The fourth-order valence-corrected chi connectivity index (χ4v) is 4.48. The van der Waals surface area contributed by atoms with Gasteiger partial charge in [-0.3, -0.25) is 9.69 Å². The van der Waals surface area contributed by atoms with Gasteiger partial charge in [0.1, 0.15) is 17.0 Å². The number of amides is 1. The van der Waals surface area contributed by atoms with Crippen molar-refractivity contribution in [3.05, 3.63) is 64.1 Å². The highest BCUT2D eigenvalue weighted by Crippen LogP contribution is 2.36. The average Bonchev–Trinajstić information content (AvgIpc) is 3.05. The van der Waals surface area contributed by atoms with Gasteiger partial charge in [0, 0.05) is 0 Å². The van der Waals surface area contributed by atoms with E-state index in [4.69, 9.17) is 26.4 Å². The number of aryl methyl sites for hydroxylation is 1. The number of thiocarbonyl (C=S) groups is 1. The Labute approximate surface area is 191 Å². The lowest BCUT2D eigenvalue weighted by Gasteiger charge is -2.20. The third kappa shape index (κ3) is 5.08. The van der Waals surface area contributed by atoms with E-state index in [9.17, 15) is 9.59 Å². The van der Waals surface area contributed by atoms with E-state index in [1.165, 1.54) is 12.0 Å². The normalized spacial score (nSPS) is 15.9. The Morgan fingerprint density at radius 3 is 2.61 bits per heavy atom. The van der Waals surface area contributed by atoms with E-state index in [0.29, 0.717) is 27.3 Å². The van der Waals surface area contributed by atoms with Gasteiger partial charge in [0.2, 0.25) is 0 Å². The van der Waals surface area contributed by atoms with E-state index in [1.54, 1.807) is 32.2 Å². The van der Waals surface area contributed by atoms with Gasteiger partial charge in [0.15, 0.2) is 11.5 Å². The number of methoxy groups -OCH3 is 2. The highest BCUT2D eigenvalue weighted by atomic mass is 32.2. The summed E-state index contributed by atoms with van der Waals surface area (Å²) < 4.78 is 16.5. The van der Waals surface area contributed by atoms with E-state index in [0.717, 1.165) is 28.5 Å². The summed E-state index contributed by atoms with van der Waals surface area (Å²) in [5, 5.41) is 0. The van der Waals surface area contributed by atoms with Crippen LogP contribution in [0.4, 0.5) is 0 Å². The first kappa shape index (κ1) is 22.8. The number of carbonyl (C=O) groups is 2. The molecule has 1 amide bonds. The molecule has 1 fully saturated rings. The second kappa shape index (κ2) is 9.98. The molecule has 162 valence electrons. The first-order valence-electron chi connectivity index (χ1n) is 9.56. The van der Waals surface area contributed by atoms with Crippen LogP contribution in [-0.4, -0.2) is 41.4 Å². The van der Waals surface area contributed by atoms with E-state index in [1.807, 2.05) is 37.3 Å². The molecule has 1 unspecified atom stereocenters. The van der Waals surface area contributed by atoms with E-state index in [-0.39, 0.29) is 5.91 Å². The van der Waals surface area contributed by atoms with Gasteiger partial charge >= 0.3 is 5.97 Å². The molecule has 6 nitrogen and oxygen atoms in total. The molecule has 0 bridgehead atoms. The molecule has 0 spiro atoms. The molecule has 1 aliphatic rings. The van der Waals surface area contributed by atoms with Crippen molar-refractivity contribution in [1.29, 1.82) is 0 Å². The predicted octanol–water partition coefficient (Wildman–Crippen LogP) is 4.35. The lowest BCUT2D eigenvalue weighted by atomic mass is 10.1. The topological polar surface area (TPSA) is 65.1 Å². The first-order chi connectivity index (χ1) is 14.8. The number of thioether (sulfide) groups is 1. The minimum Gasteiger partial charge on any atom is -0.493 e. The molecule has 3 rings (SSSR count). The predicted molar refractivity (Wildman–Crippen MR) is 125 cm³/mol. The van der Waals surface area contributed by atoms with Crippen molar-refractivity contribution >= 4 is 46.3 Å². The zero-order valence-corrected chi connectivity index (χ0v) is 19.3. The molecule has 1 aliphatic heterocycles. The van der Waals surface area contributed by atoms with Crippen LogP contribution in [0.3, 0.4) is 0 Å². The number of ether oxygens (including phenoxy) is 3. The summed E-state index contributed by atoms with van der Waals surface area (Å²) in [6.07, 6.45) is 1.72. The van der Waals surface area contributed by atoms with Crippen LogP contribution in [0, 0.1) is 6.92 Å². The molecule has 1 saturated heterocycles. The third-order valence-electron chi connectivity index (χ3n) is 4.88. The average molecular weight is 458 g/mol. The molecular weight excluding hydrogens is 434 g/mol. The van der Waals surface area contributed by atoms with Crippen LogP contribution in [0.25, 0.3) is 6.08 Å². The zero-order valence-electron chi connectivity index (χ0n) is 17.7. The van der Waals surface area contributed by atoms with Crippen molar-refractivity contribution in [1.82, 2.24) is 4.90 Å². The molecule has 1 heterocycles. The smallest absolute Gasteiger partial charge is 0.328 e. The van der Waals surface area contributed by atoms with Crippen molar-refractivity contribution in [3.63, 3.8) is 0 Å². The standard InChI is InChI=1S/C23H23NO5S2/c1-14-7-5-6-8-17(14)13-29-18-10-9-16(11-19(18)27-3)12-20-21(25)24(23(30)31-20)15(2)22(26)28-4/h5-12,15H,13H2,1-4H3. The lowest BCUT2D eigenvalue weighted by Crippen LogP contribution is -2.42. The number of benzene rings is 2. The van der Waals surface area contributed by atoms with Crippen LogP contribution < -0.4 is 9.47 Å². The van der Waals surface area contributed by atoms with Crippen molar-refractivity contribution in [3.8, 4) is 11.5 Å². The van der Waals surface area contributed by atoms with Gasteiger partial charge in [-0.25, -0.2) is 4.79 Å². The van der Waals surface area contributed by atoms with Crippen LogP contribution in [0.5, 0.6) is 11.5 Å². The van der Waals surface area contributed by atoms with Gasteiger partial charge in [-0.2, -0.15) is 0 Å². The fraction of sp³-hybridized carbons (Fsp3) is 0.261. The van der Waals surface area contributed by atoms with Gasteiger partial charge < -0.3 is 14.2 Å². The van der Waals surface area contributed by atoms with Crippen molar-refractivity contribution in [2.45, 2.75) is 26.5 Å². The summed E-state index contributed by atoms with van der Waals surface area (Å²) in [4.78, 5) is 26.3. The Bertz CT molecular complexity index is 1050. The molecule has 0 saturated carbocycles. The SMILES string of the molecule is COC(=O)C(C)N1C(=O)C(=Cc2ccc(OCc3ccccc3C)c(OC)c2)SC1=S. The van der Waals surface area contributed by atoms with Crippen molar-refractivity contribution < 1.29 is 23.8 Å². The highest BCUT2D eigenvalue weighted by molar-refractivity contribution is 8.26. The van der Waals surface area contributed by atoms with Crippen LogP contribution in [0.15, 0.2) is 47.4 Å². The number of esters is 1. The maximum absolute atomic E-state index is 12.8. The van der Waals surface area contributed by atoms with Crippen LogP contribution in [-0.2, 0) is 20.9 Å². The second-order valence-corrected chi connectivity index (χ2v) is 8.55. The molecule has 8 heteroatoms. The summed E-state index contributed by atoms with van der Waals surface area (Å²) in [6.45, 7) is 4.05. The maximum Gasteiger partial charge on any atom is 0.328 e. The minimum atomic E-state index is -0.782. The Morgan fingerprint density at radius 1 is 1.19 bits per heavy atom. The molecule has 31 heavy (non-hydrogen) atoms. The van der Waals surface area contributed by atoms with E-state index >= 15 is 0 Å². The molecule has 0 radical (unpaired) electrons. The van der Waals surface area contributed by atoms with Gasteiger partial charge in [-0.1, -0.05) is 54.3 Å². The number of hydrogen-bond donors (Lipinski definition) is 0. The summed E-state index contributed by atoms with van der Waals surface area (Å²) >= 11 is 6.44. The van der Waals surface area contributed by atoms with Gasteiger partial charge in [-0.15, -0.1) is 0 Å². The summed E-state index contributed by atoms with van der Waals surface area (Å²) in [5.74, 6) is 0.316. The largest absolute Gasteiger partial charge is 0.493 e. The van der Waals surface area contributed by atoms with E-state index < -0.39 is 12.0 Å². The molecule has 2 aromatic rings. The molecule has 0 aromatic heterocycles. The summed E-state index contributed by atoms with van der Waals surface area (Å²) in [7, 11) is 2.85. The summed E-state index contributed by atoms with van der Waals surface area (Å²) in [6, 6.07) is 12.7. The molecule has 2 aromatic carbocycles. The van der Waals surface area contributed by atoms with Crippen molar-refractivity contribution in [2.24, 2.45) is 0 Å². The Kier molecular flexibility index (Phi) is 7.35. The van der Waals surface area contributed by atoms with Crippen LogP contribution >= 0.6 is 24.0 Å². The molecular formula is C23H23NO5S2. The van der Waals surface area contributed by atoms with Crippen LogP contribution in [0.2, 0.25) is 0 Å². The third-order valence-corrected chi connectivity index (χ3v) is 6.21. The quantitative estimate of drug-likeness (QED) is 0.348. The number of carbonyl (C=O) groups excluding carboxylic acids is 2. The van der Waals surface area contributed by atoms with Crippen LogP contribution in [0.1, 0.15) is 23.6 Å². The van der Waals surface area contributed by atoms with Crippen molar-refractivity contribution in [2.75, 3.05) is 14.2 Å². The number of hydrogen-bond acceptors (Lipinski definition) is 7. The molecule has 0 N–H and O–H groups in total. The monoisotopic (exact) mass is 457 g/mol. The van der Waals surface area contributed by atoms with Gasteiger partial charge in [0.05, 0.1) is 19.1 Å². The van der Waals surface area contributed by atoms with Gasteiger partial charge in [-0.05, 0) is 48.7 Å². The Morgan fingerprint density at radius 2 is 1.94 bits per heavy atom. The van der Waals surface area contributed by atoms with E-state index in [2.05, 4.69) is 0 Å². The Hall–Kier alpha value is -2.84. The Balaban J connectivity index is 1.78. The maximum atomic E-state index is 12.8. The number of rotatable bonds is 7. The first-order valence-corrected chi connectivity index (χ1v) is 10.8. The fourth-order valence-electron chi connectivity index (χ4n) is 3.06. The van der Waals surface area contributed by atoms with Gasteiger partial charge in [0.25, 0.3) is 5.91 Å². The summed E-state index contributed by atoms with van der Waals surface area (Å²) in [5.41, 5.74) is 3.00. The minimum absolute atomic E-state index is 0.319. The molecule has 1 atom stereocenters. The lowest BCUT2D eigenvalue weighted by molar-refractivity contribution is -0.147. The second-order valence-electron chi connectivity index (χ2n) is 6.88. The highest BCUT2D eigenvalue weighted by Gasteiger charge is 2.38. The number of nitrogens with zero attached hydrogens (tertiary/aromatic N) is 1. The molecule has 0 aliphatic carbocycles.